The Morgan fingerprint density at radius 1 is 1.67 bits per heavy atom. The molecule has 1 aliphatic rings. The number of hydrogen-bond donors (Lipinski definition) is 1. The zero-order chi connectivity index (χ0) is 9.14. The van der Waals surface area contributed by atoms with E-state index in [2.05, 4.69) is 10.1 Å². The van der Waals surface area contributed by atoms with Crippen LogP contribution in [0.4, 0.5) is 0 Å². The number of carbonyl (C=O) groups is 2. The molecule has 0 radical (unpaired) electrons. The molecule has 0 aromatic heterocycles. The molecule has 4 nitrogen and oxygen atoms in total. The molecule has 12 heavy (non-hydrogen) atoms. The summed E-state index contributed by atoms with van der Waals surface area (Å²) in [5, 5.41) is 2.64. The quantitative estimate of drug-likeness (QED) is 0.444. The number of nitrogens with one attached hydrogen (secondary N) is 1. The van der Waals surface area contributed by atoms with Gasteiger partial charge >= 0.3 is 5.97 Å². The zero-order valence-corrected chi connectivity index (χ0v) is 7.29. The molecule has 1 aliphatic heterocycles. The molecule has 1 N–H and O–H groups in total. The van der Waals surface area contributed by atoms with Gasteiger partial charge in [0.15, 0.2) is 0 Å². The molecule has 0 unspecified atom stereocenters. The van der Waals surface area contributed by atoms with E-state index < -0.39 is 11.9 Å². The van der Waals surface area contributed by atoms with Crippen molar-refractivity contribution in [3.8, 4) is 0 Å². The minimum absolute atomic E-state index is 0.0891. The van der Waals surface area contributed by atoms with E-state index in [-0.39, 0.29) is 11.8 Å². The third kappa shape index (κ3) is 1.57. The second-order valence-electron chi connectivity index (χ2n) is 3.06. The number of methoxy groups -OCH3 is 1. The van der Waals surface area contributed by atoms with Crippen molar-refractivity contribution >= 4 is 11.9 Å². The molecule has 4 heteroatoms. The third-order valence-electron chi connectivity index (χ3n) is 2.21. The highest BCUT2D eigenvalue weighted by molar-refractivity contribution is 5.98. The first-order chi connectivity index (χ1) is 5.66. The monoisotopic (exact) mass is 171 g/mol. The summed E-state index contributed by atoms with van der Waals surface area (Å²) in [5.74, 6) is -1.16. The van der Waals surface area contributed by atoms with Gasteiger partial charge in [0, 0.05) is 6.54 Å². The average Bonchev–Trinajstić information content (AvgIpc) is 2.03. The topological polar surface area (TPSA) is 55.4 Å². The predicted molar refractivity (Wildman–Crippen MR) is 42.3 cm³/mol. The number of carbonyl (C=O) groups excluding carboxylic acids is 2. The van der Waals surface area contributed by atoms with Gasteiger partial charge in [0.05, 0.1) is 7.11 Å². The Balaban J connectivity index is 2.69. The van der Waals surface area contributed by atoms with Gasteiger partial charge in [-0.15, -0.1) is 0 Å². The molecule has 2 atom stereocenters. The summed E-state index contributed by atoms with van der Waals surface area (Å²) in [6.45, 7) is 2.55. The molecule has 1 amide bonds. The highest BCUT2D eigenvalue weighted by atomic mass is 16.5. The molecular formula is C8H13NO3. The van der Waals surface area contributed by atoms with Crippen LogP contribution in [0.1, 0.15) is 13.3 Å². The molecule has 1 rings (SSSR count). The number of hydrogen-bond acceptors (Lipinski definition) is 3. The SMILES string of the molecule is COC(=O)[C@@H]1C(=O)NCC[C@@H]1C. The van der Waals surface area contributed by atoms with E-state index in [9.17, 15) is 9.59 Å². The molecule has 0 aromatic rings. The number of esters is 1. The fourth-order valence-corrected chi connectivity index (χ4v) is 1.42. The lowest BCUT2D eigenvalue weighted by Gasteiger charge is -2.25. The molecular weight excluding hydrogens is 158 g/mol. The maximum atomic E-state index is 11.2. The predicted octanol–water partition coefficient (Wildman–Crippen LogP) is -0.0684. The first kappa shape index (κ1) is 9.03. The van der Waals surface area contributed by atoms with E-state index in [1.165, 1.54) is 7.11 Å². The van der Waals surface area contributed by atoms with Gasteiger partial charge in [0.25, 0.3) is 0 Å². The number of ether oxygens (including phenoxy) is 1. The molecule has 0 bridgehead atoms. The van der Waals surface area contributed by atoms with Crippen LogP contribution in [0.2, 0.25) is 0 Å². The molecule has 0 aliphatic carbocycles. The molecule has 1 heterocycles. The van der Waals surface area contributed by atoms with Gasteiger partial charge in [0.1, 0.15) is 5.92 Å². The summed E-state index contributed by atoms with van der Waals surface area (Å²) in [6, 6.07) is 0. The number of rotatable bonds is 1. The van der Waals surface area contributed by atoms with E-state index in [1.54, 1.807) is 0 Å². The van der Waals surface area contributed by atoms with E-state index in [0.717, 1.165) is 6.42 Å². The van der Waals surface area contributed by atoms with E-state index in [0.29, 0.717) is 6.54 Å². The van der Waals surface area contributed by atoms with Gasteiger partial charge in [-0.1, -0.05) is 6.92 Å². The summed E-state index contributed by atoms with van der Waals surface area (Å²) in [7, 11) is 1.30. The highest BCUT2D eigenvalue weighted by Crippen LogP contribution is 2.20. The minimum Gasteiger partial charge on any atom is -0.468 e. The van der Waals surface area contributed by atoms with E-state index in [1.807, 2.05) is 6.92 Å². The van der Waals surface area contributed by atoms with Crippen molar-refractivity contribution in [3.05, 3.63) is 0 Å². The number of piperidine rings is 1. The van der Waals surface area contributed by atoms with Crippen LogP contribution in [-0.2, 0) is 14.3 Å². The van der Waals surface area contributed by atoms with Gasteiger partial charge in [-0.25, -0.2) is 0 Å². The van der Waals surface area contributed by atoms with Gasteiger partial charge in [-0.05, 0) is 12.3 Å². The van der Waals surface area contributed by atoms with Crippen molar-refractivity contribution in [1.82, 2.24) is 5.32 Å². The van der Waals surface area contributed by atoms with Gasteiger partial charge in [-0.2, -0.15) is 0 Å². The van der Waals surface area contributed by atoms with Crippen LogP contribution in [-0.4, -0.2) is 25.5 Å². The summed E-state index contributed by atoms with van der Waals surface area (Å²) in [6.07, 6.45) is 0.839. The lowest BCUT2D eigenvalue weighted by Crippen LogP contribution is -2.45. The first-order valence-corrected chi connectivity index (χ1v) is 4.02. The maximum Gasteiger partial charge on any atom is 0.318 e. The third-order valence-corrected chi connectivity index (χ3v) is 2.21. The average molecular weight is 171 g/mol. The number of amides is 1. The minimum atomic E-state index is -0.608. The Morgan fingerprint density at radius 2 is 2.33 bits per heavy atom. The van der Waals surface area contributed by atoms with Crippen molar-refractivity contribution in [2.45, 2.75) is 13.3 Å². The van der Waals surface area contributed by atoms with E-state index in [4.69, 9.17) is 0 Å². The summed E-state index contributed by atoms with van der Waals surface area (Å²) in [5.41, 5.74) is 0. The highest BCUT2D eigenvalue weighted by Gasteiger charge is 2.35. The molecule has 1 fully saturated rings. The van der Waals surface area contributed by atoms with Crippen molar-refractivity contribution < 1.29 is 14.3 Å². The van der Waals surface area contributed by atoms with Crippen LogP contribution >= 0.6 is 0 Å². The molecule has 0 saturated carbocycles. The van der Waals surface area contributed by atoms with Crippen LogP contribution < -0.4 is 5.32 Å². The lowest BCUT2D eigenvalue weighted by atomic mass is 9.87. The Hall–Kier alpha value is -1.06. The van der Waals surface area contributed by atoms with Gasteiger partial charge < -0.3 is 10.1 Å². The van der Waals surface area contributed by atoms with Crippen LogP contribution in [0.25, 0.3) is 0 Å². The van der Waals surface area contributed by atoms with Crippen LogP contribution in [0.3, 0.4) is 0 Å². The molecule has 68 valence electrons. The molecule has 0 aromatic carbocycles. The molecule has 0 spiro atoms. The van der Waals surface area contributed by atoms with Crippen LogP contribution in [0, 0.1) is 11.8 Å². The van der Waals surface area contributed by atoms with Gasteiger partial charge in [0.2, 0.25) is 5.91 Å². The first-order valence-electron chi connectivity index (χ1n) is 4.02. The summed E-state index contributed by atoms with van der Waals surface area (Å²) in [4.78, 5) is 22.3. The lowest BCUT2D eigenvalue weighted by molar-refractivity contribution is -0.153. The van der Waals surface area contributed by atoms with Crippen molar-refractivity contribution in [1.29, 1.82) is 0 Å². The van der Waals surface area contributed by atoms with Crippen molar-refractivity contribution in [2.75, 3.05) is 13.7 Å². The van der Waals surface area contributed by atoms with Crippen LogP contribution in [0.15, 0.2) is 0 Å². The van der Waals surface area contributed by atoms with Crippen molar-refractivity contribution in [2.24, 2.45) is 11.8 Å². The van der Waals surface area contributed by atoms with Crippen LogP contribution in [0.5, 0.6) is 0 Å². The fourth-order valence-electron chi connectivity index (χ4n) is 1.42. The zero-order valence-electron chi connectivity index (χ0n) is 7.29. The Morgan fingerprint density at radius 3 is 2.83 bits per heavy atom. The second kappa shape index (κ2) is 3.56. The molecule has 1 saturated heterocycles. The second-order valence-corrected chi connectivity index (χ2v) is 3.06. The summed E-state index contributed by atoms with van der Waals surface area (Å²) >= 11 is 0. The Kier molecular flexibility index (Phi) is 2.68. The Labute approximate surface area is 71.3 Å². The van der Waals surface area contributed by atoms with E-state index >= 15 is 0 Å². The van der Waals surface area contributed by atoms with Crippen molar-refractivity contribution in [3.63, 3.8) is 0 Å². The maximum absolute atomic E-state index is 11.2. The fraction of sp³-hybridized carbons (Fsp3) is 0.750. The normalized spacial score (nSPS) is 29.3. The smallest absolute Gasteiger partial charge is 0.318 e. The Bertz CT molecular complexity index is 194. The standard InChI is InChI=1S/C8H13NO3/c1-5-3-4-9-7(10)6(5)8(11)12-2/h5-6H,3-4H2,1-2H3,(H,9,10)/t5-,6-/m0/s1. The van der Waals surface area contributed by atoms with Gasteiger partial charge in [-0.3, -0.25) is 9.59 Å². The summed E-state index contributed by atoms with van der Waals surface area (Å²) < 4.78 is 4.53. The largest absolute Gasteiger partial charge is 0.468 e.